The molecule has 1 aliphatic rings. The molecule has 2 amide bonds. The van der Waals surface area contributed by atoms with E-state index >= 15 is 0 Å². The van der Waals surface area contributed by atoms with Gasteiger partial charge in [0.05, 0.1) is 11.3 Å². The van der Waals surface area contributed by atoms with Crippen molar-refractivity contribution in [3.63, 3.8) is 0 Å². The summed E-state index contributed by atoms with van der Waals surface area (Å²) in [6, 6.07) is 16.1. The standard InChI is InChI=1S/C24H31N3O2S/c1-25(2)23(28)18-30-22-10-6-5-9-21(22)24(29)26(3)17-19-11-13-20(14-12-19)27-15-7-4-8-16-27/h5-6,9-14H,4,7-8,15-18H2,1-3H3. The van der Waals surface area contributed by atoms with E-state index in [-0.39, 0.29) is 11.8 Å². The van der Waals surface area contributed by atoms with Crippen LogP contribution in [0.25, 0.3) is 0 Å². The van der Waals surface area contributed by atoms with Crippen LogP contribution in [-0.2, 0) is 11.3 Å². The van der Waals surface area contributed by atoms with Crippen LogP contribution in [-0.4, -0.2) is 61.6 Å². The fourth-order valence-electron chi connectivity index (χ4n) is 3.55. The number of thioether (sulfide) groups is 1. The number of hydrogen-bond acceptors (Lipinski definition) is 4. The quantitative estimate of drug-likeness (QED) is 0.626. The Hall–Kier alpha value is -2.47. The van der Waals surface area contributed by atoms with Gasteiger partial charge >= 0.3 is 0 Å². The lowest BCUT2D eigenvalue weighted by Crippen LogP contribution is -2.29. The Labute approximate surface area is 184 Å². The predicted octanol–water partition coefficient (Wildman–Crippen LogP) is 4.13. The summed E-state index contributed by atoms with van der Waals surface area (Å²) >= 11 is 1.41. The SMILES string of the molecule is CN(C)C(=O)CSc1ccccc1C(=O)N(C)Cc1ccc(N2CCCCC2)cc1. The van der Waals surface area contributed by atoms with Crippen LogP contribution < -0.4 is 4.90 Å². The lowest BCUT2D eigenvalue weighted by atomic mass is 10.1. The minimum Gasteiger partial charge on any atom is -0.372 e. The number of benzene rings is 2. The van der Waals surface area contributed by atoms with E-state index in [0.717, 1.165) is 23.5 Å². The molecule has 0 aromatic heterocycles. The zero-order valence-electron chi connectivity index (χ0n) is 18.1. The first kappa shape index (κ1) is 22.2. The van der Waals surface area contributed by atoms with E-state index in [0.29, 0.717) is 17.9 Å². The molecule has 160 valence electrons. The molecule has 5 nitrogen and oxygen atoms in total. The molecule has 0 aliphatic carbocycles. The molecular weight excluding hydrogens is 394 g/mol. The van der Waals surface area contributed by atoms with Gasteiger partial charge in [-0.25, -0.2) is 0 Å². The van der Waals surface area contributed by atoms with Crippen molar-refractivity contribution in [3.05, 3.63) is 59.7 Å². The van der Waals surface area contributed by atoms with Gasteiger partial charge in [-0.15, -0.1) is 11.8 Å². The molecule has 0 N–H and O–H groups in total. The van der Waals surface area contributed by atoms with Gasteiger partial charge in [-0.2, -0.15) is 0 Å². The van der Waals surface area contributed by atoms with Crippen molar-refractivity contribution in [1.82, 2.24) is 9.80 Å². The van der Waals surface area contributed by atoms with Gasteiger partial charge in [-0.3, -0.25) is 9.59 Å². The Morgan fingerprint density at radius 3 is 2.27 bits per heavy atom. The highest BCUT2D eigenvalue weighted by atomic mass is 32.2. The molecule has 0 bridgehead atoms. The minimum absolute atomic E-state index is 0.0319. The summed E-state index contributed by atoms with van der Waals surface area (Å²) in [7, 11) is 5.31. The second kappa shape index (κ2) is 10.5. The summed E-state index contributed by atoms with van der Waals surface area (Å²) in [6.07, 6.45) is 3.84. The normalized spacial score (nSPS) is 13.8. The molecule has 2 aromatic rings. The molecule has 6 heteroatoms. The fraction of sp³-hybridized carbons (Fsp3) is 0.417. The van der Waals surface area contributed by atoms with Gasteiger partial charge in [-0.1, -0.05) is 24.3 Å². The van der Waals surface area contributed by atoms with Crippen molar-refractivity contribution in [2.75, 3.05) is 44.9 Å². The number of carbonyl (C=O) groups excluding carboxylic acids is 2. The summed E-state index contributed by atoms with van der Waals surface area (Å²) < 4.78 is 0. The number of hydrogen-bond donors (Lipinski definition) is 0. The summed E-state index contributed by atoms with van der Waals surface area (Å²) in [4.78, 5) is 31.6. The van der Waals surface area contributed by atoms with Crippen LogP contribution in [0.2, 0.25) is 0 Å². The van der Waals surface area contributed by atoms with Gasteiger partial charge in [0.2, 0.25) is 5.91 Å². The van der Waals surface area contributed by atoms with Crippen molar-refractivity contribution in [3.8, 4) is 0 Å². The monoisotopic (exact) mass is 425 g/mol. The van der Waals surface area contributed by atoms with Gasteiger partial charge in [0.25, 0.3) is 5.91 Å². The lowest BCUT2D eigenvalue weighted by Gasteiger charge is -2.29. The molecule has 0 unspecified atom stereocenters. The summed E-state index contributed by atoms with van der Waals surface area (Å²) in [5.74, 6) is 0.318. The largest absolute Gasteiger partial charge is 0.372 e. The van der Waals surface area contributed by atoms with E-state index in [1.807, 2.05) is 31.3 Å². The van der Waals surface area contributed by atoms with Crippen LogP contribution in [0.5, 0.6) is 0 Å². The second-order valence-corrected chi connectivity index (χ2v) is 8.97. The third-order valence-corrected chi connectivity index (χ3v) is 6.45. The van der Waals surface area contributed by atoms with Crippen molar-refractivity contribution in [2.24, 2.45) is 0 Å². The van der Waals surface area contributed by atoms with E-state index in [1.165, 1.54) is 36.7 Å². The highest BCUT2D eigenvalue weighted by Gasteiger charge is 2.18. The predicted molar refractivity (Wildman–Crippen MR) is 124 cm³/mol. The molecule has 0 saturated carbocycles. The van der Waals surface area contributed by atoms with Gasteiger partial charge in [0, 0.05) is 51.4 Å². The summed E-state index contributed by atoms with van der Waals surface area (Å²) in [6.45, 7) is 2.81. The molecule has 1 aliphatic heterocycles. The smallest absolute Gasteiger partial charge is 0.255 e. The Bertz CT molecular complexity index is 861. The fourth-order valence-corrected chi connectivity index (χ4v) is 4.58. The zero-order chi connectivity index (χ0) is 21.5. The number of anilines is 1. The van der Waals surface area contributed by atoms with Crippen molar-refractivity contribution < 1.29 is 9.59 Å². The van der Waals surface area contributed by atoms with E-state index in [2.05, 4.69) is 29.2 Å². The molecule has 1 fully saturated rings. The Balaban J connectivity index is 1.63. The lowest BCUT2D eigenvalue weighted by molar-refractivity contribution is -0.125. The highest BCUT2D eigenvalue weighted by molar-refractivity contribution is 8.00. The van der Waals surface area contributed by atoms with Crippen molar-refractivity contribution >= 4 is 29.3 Å². The third kappa shape index (κ3) is 5.79. The maximum atomic E-state index is 13.1. The maximum Gasteiger partial charge on any atom is 0.255 e. The molecule has 0 atom stereocenters. The summed E-state index contributed by atoms with van der Waals surface area (Å²) in [5, 5.41) is 0. The molecule has 1 saturated heterocycles. The van der Waals surface area contributed by atoms with E-state index in [1.54, 1.807) is 23.9 Å². The average Bonchev–Trinajstić information content (AvgIpc) is 2.78. The van der Waals surface area contributed by atoms with Crippen LogP contribution >= 0.6 is 11.8 Å². The number of piperidine rings is 1. The van der Waals surface area contributed by atoms with E-state index < -0.39 is 0 Å². The molecular formula is C24H31N3O2S. The Morgan fingerprint density at radius 2 is 1.60 bits per heavy atom. The average molecular weight is 426 g/mol. The Kier molecular flexibility index (Phi) is 7.80. The van der Waals surface area contributed by atoms with Crippen LogP contribution in [0.4, 0.5) is 5.69 Å². The second-order valence-electron chi connectivity index (χ2n) is 7.95. The first-order valence-corrected chi connectivity index (χ1v) is 11.5. The summed E-state index contributed by atoms with van der Waals surface area (Å²) in [5.41, 5.74) is 3.01. The molecule has 1 heterocycles. The van der Waals surface area contributed by atoms with Gasteiger partial charge in [0.1, 0.15) is 0 Å². The molecule has 0 spiro atoms. The number of nitrogens with zero attached hydrogens (tertiary/aromatic N) is 3. The Morgan fingerprint density at radius 1 is 0.933 bits per heavy atom. The molecule has 0 radical (unpaired) electrons. The minimum atomic E-state index is -0.0319. The maximum absolute atomic E-state index is 13.1. The van der Waals surface area contributed by atoms with Crippen molar-refractivity contribution in [2.45, 2.75) is 30.7 Å². The van der Waals surface area contributed by atoms with Crippen LogP contribution in [0.1, 0.15) is 35.2 Å². The number of carbonyl (C=O) groups is 2. The molecule has 2 aromatic carbocycles. The first-order valence-electron chi connectivity index (χ1n) is 10.5. The van der Waals surface area contributed by atoms with Gasteiger partial charge in [-0.05, 0) is 49.1 Å². The molecule has 3 rings (SSSR count). The van der Waals surface area contributed by atoms with Crippen LogP contribution in [0.3, 0.4) is 0 Å². The van der Waals surface area contributed by atoms with Crippen LogP contribution in [0.15, 0.2) is 53.4 Å². The van der Waals surface area contributed by atoms with E-state index in [4.69, 9.17) is 0 Å². The first-order chi connectivity index (χ1) is 14.5. The number of amides is 2. The topological polar surface area (TPSA) is 43.9 Å². The van der Waals surface area contributed by atoms with Gasteiger partial charge in [0.15, 0.2) is 0 Å². The highest BCUT2D eigenvalue weighted by Crippen LogP contribution is 2.25. The van der Waals surface area contributed by atoms with Crippen molar-refractivity contribution in [1.29, 1.82) is 0 Å². The molecule has 30 heavy (non-hydrogen) atoms. The van der Waals surface area contributed by atoms with Gasteiger partial charge < -0.3 is 14.7 Å². The number of rotatable bonds is 7. The van der Waals surface area contributed by atoms with E-state index in [9.17, 15) is 9.59 Å². The third-order valence-electron chi connectivity index (χ3n) is 5.39. The van der Waals surface area contributed by atoms with Crippen LogP contribution in [0, 0.1) is 0 Å². The zero-order valence-corrected chi connectivity index (χ0v) is 19.0.